The van der Waals surface area contributed by atoms with Crippen LogP contribution in [0.4, 0.5) is 11.4 Å². The summed E-state index contributed by atoms with van der Waals surface area (Å²) in [4.78, 5) is 25.0. The maximum absolute atomic E-state index is 11.6. The number of anilines is 2. The van der Waals surface area contributed by atoms with Crippen molar-refractivity contribution in [3.8, 4) is 6.07 Å². The van der Waals surface area contributed by atoms with Crippen LogP contribution in [0.2, 0.25) is 5.02 Å². The fraction of sp³-hybridized carbons (Fsp3) is 0.357. The van der Waals surface area contributed by atoms with E-state index in [0.29, 0.717) is 34.9 Å². The average Bonchev–Trinajstić information content (AvgIpc) is 2.66. The molecule has 6 heteroatoms. The van der Waals surface area contributed by atoms with Crippen molar-refractivity contribution in [3.05, 3.63) is 22.7 Å². The first-order valence-corrected chi connectivity index (χ1v) is 6.66. The van der Waals surface area contributed by atoms with Crippen LogP contribution in [0.1, 0.15) is 30.6 Å². The Morgan fingerprint density at radius 3 is 2.70 bits per heavy atom. The number of fused-ring (bicyclic) bond motifs is 1. The number of hydrogen-bond acceptors (Lipinski definition) is 4. The molecule has 1 N–H and O–H groups in total. The summed E-state index contributed by atoms with van der Waals surface area (Å²) in [6, 6.07) is 5.45. The average molecular weight is 292 g/mol. The molecule has 0 saturated carbocycles. The molecule has 1 aliphatic heterocycles. The van der Waals surface area contributed by atoms with Crippen molar-refractivity contribution in [3.63, 3.8) is 0 Å². The van der Waals surface area contributed by atoms with E-state index in [0.717, 1.165) is 0 Å². The van der Waals surface area contributed by atoms with Crippen LogP contribution in [0.5, 0.6) is 0 Å². The lowest BCUT2D eigenvalue weighted by Gasteiger charge is -2.29. The van der Waals surface area contributed by atoms with E-state index in [2.05, 4.69) is 11.4 Å². The van der Waals surface area contributed by atoms with Gasteiger partial charge in [-0.05, 0) is 26.0 Å². The van der Waals surface area contributed by atoms with Gasteiger partial charge < -0.3 is 10.2 Å². The second kappa shape index (κ2) is 5.51. The summed E-state index contributed by atoms with van der Waals surface area (Å²) in [7, 11) is 0. The maximum atomic E-state index is 11.6. The Kier molecular flexibility index (Phi) is 3.96. The van der Waals surface area contributed by atoms with Gasteiger partial charge in [-0.3, -0.25) is 9.59 Å². The van der Waals surface area contributed by atoms with Crippen LogP contribution in [-0.2, 0) is 4.79 Å². The summed E-state index contributed by atoms with van der Waals surface area (Å²) in [5.74, 6) is -1.21. The molecule has 1 aromatic carbocycles. The van der Waals surface area contributed by atoms with Crippen molar-refractivity contribution in [2.24, 2.45) is 0 Å². The van der Waals surface area contributed by atoms with E-state index < -0.39 is 11.7 Å². The Balaban J connectivity index is 2.43. The molecule has 1 heterocycles. The standard InChI is InChI=1S/C14H14ClN3O2/c1-8(2)18(5-3-4-16)12-7-11-9(6-10(12)15)13(19)14(20)17-11/h6-8H,3,5H2,1-2H3,(H,17,19,20). The van der Waals surface area contributed by atoms with Gasteiger partial charge >= 0.3 is 0 Å². The molecule has 0 saturated heterocycles. The van der Waals surface area contributed by atoms with Crippen LogP contribution >= 0.6 is 11.6 Å². The van der Waals surface area contributed by atoms with Gasteiger partial charge in [-0.1, -0.05) is 11.6 Å². The second-order valence-corrected chi connectivity index (χ2v) is 5.23. The highest BCUT2D eigenvalue weighted by molar-refractivity contribution is 6.52. The van der Waals surface area contributed by atoms with Crippen molar-refractivity contribution >= 4 is 34.7 Å². The number of benzene rings is 1. The van der Waals surface area contributed by atoms with Gasteiger partial charge in [0, 0.05) is 12.6 Å². The molecule has 104 valence electrons. The van der Waals surface area contributed by atoms with E-state index in [4.69, 9.17) is 16.9 Å². The fourth-order valence-electron chi connectivity index (χ4n) is 2.20. The molecule has 0 atom stereocenters. The lowest BCUT2D eigenvalue weighted by Crippen LogP contribution is -2.31. The van der Waals surface area contributed by atoms with Crippen molar-refractivity contribution in [2.75, 3.05) is 16.8 Å². The highest BCUT2D eigenvalue weighted by atomic mass is 35.5. The van der Waals surface area contributed by atoms with Crippen molar-refractivity contribution in [1.29, 1.82) is 5.26 Å². The Morgan fingerprint density at radius 2 is 2.10 bits per heavy atom. The first-order chi connectivity index (χ1) is 9.45. The molecular weight excluding hydrogens is 278 g/mol. The second-order valence-electron chi connectivity index (χ2n) is 4.83. The topological polar surface area (TPSA) is 73.2 Å². The van der Waals surface area contributed by atoms with Crippen LogP contribution in [0.25, 0.3) is 0 Å². The first-order valence-electron chi connectivity index (χ1n) is 6.28. The van der Waals surface area contributed by atoms with Crippen LogP contribution in [-0.4, -0.2) is 24.3 Å². The molecule has 0 radical (unpaired) electrons. The van der Waals surface area contributed by atoms with Crippen LogP contribution in [0.3, 0.4) is 0 Å². The minimum Gasteiger partial charge on any atom is -0.367 e. The van der Waals surface area contributed by atoms with Gasteiger partial charge in [-0.2, -0.15) is 5.26 Å². The smallest absolute Gasteiger partial charge is 0.296 e. The Labute approximate surface area is 122 Å². The van der Waals surface area contributed by atoms with Crippen molar-refractivity contribution < 1.29 is 9.59 Å². The third-order valence-electron chi connectivity index (χ3n) is 3.18. The van der Waals surface area contributed by atoms with E-state index >= 15 is 0 Å². The third kappa shape index (κ3) is 2.47. The zero-order chi connectivity index (χ0) is 14.9. The molecule has 1 amide bonds. The highest BCUT2D eigenvalue weighted by Crippen LogP contribution is 2.35. The Bertz CT molecular complexity index is 620. The quantitative estimate of drug-likeness (QED) is 0.865. The number of amides is 1. The molecular formula is C14H14ClN3O2. The summed E-state index contributed by atoms with van der Waals surface area (Å²) in [6.45, 7) is 4.52. The molecule has 0 fully saturated rings. The monoisotopic (exact) mass is 291 g/mol. The largest absolute Gasteiger partial charge is 0.367 e. The molecule has 1 aromatic rings. The Hall–Kier alpha value is -2.06. The number of carbonyl (C=O) groups excluding carboxylic acids is 2. The number of carbonyl (C=O) groups is 2. The number of nitrogens with zero attached hydrogens (tertiary/aromatic N) is 2. The number of halogens is 1. The number of Topliss-reactive ketones (excluding diaryl/α,β-unsaturated/α-hetero) is 1. The molecule has 5 nitrogen and oxygen atoms in total. The Morgan fingerprint density at radius 1 is 1.40 bits per heavy atom. The third-order valence-corrected chi connectivity index (χ3v) is 3.49. The van der Waals surface area contributed by atoms with Crippen LogP contribution < -0.4 is 10.2 Å². The van der Waals surface area contributed by atoms with Gasteiger partial charge in [0.05, 0.1) is 34.5 Å². The lowest BCUT2D eigenvalue weighted by atomic mass is 10.1. The van der Waals surface area contributed by atoms with Gasteiger partial charge in [0.25, 0.3) is 11.7 Å². The number of ketones is 1. The molecule has 0 aromatic heterocycles. The van der Waals surface area contributed by atoms with Gasteiger partial charge in [-0.25, -0.2) is 0 Å². The zero-order valence-corrected chi connectivity index (χ0v) is 12.0. The summed E-state index contributed by atoms with van der Waals surface area (Å²) in [5, 5.41) is 11.7. The summed E-state index contributed by atoms with van der Waals surface area (Å²) >= 11 is 6.22. The summed E-state index contributed by atoms with van der Waals surface area (Å²) in [5.41, 5.74) is 1.49. The van der Waals surface area contributed by atoms with Crippen LogP contribution in [0.15, 0.2) is 12.1 Å². The number of nitriles is 1. The molecule has 1 aliphatic rings. The predicted octanol–water partition coefficient (Wildman–Crippen LogP) is 2.60. The molecule has 2 rings (SSSR count). The molecule has 20 heavy (non-hydrogen) atoms. The van der Waals surface area contributed by atoms with Gasteiger partial charge in [0.2, 0.25) is 0 Å². The van der Waals surface area contributed by atoms with E-state index in [1.165, 1.54) is 6.07 Å². The number of rotatable bonds is 4. The van der Waals surface area contributed by atoms with Gasteiger partial charge in [-0.15, -0.1) is 0 Å². The van der Waals surface area contributed by atoms with Gasteiger partial charge in [0.15, 0.2) is 0 Å². The fourth-order valence-corrected chi connectivity index (χ4v) is 2.47. The normalized spacial score (nSPS) is 13.2. The lowest BCUT2D eigenvalue weighted by molar-refractivity contribution is -0.112. The van der Waals surface area contributed by atoms with Crippen molar-refractivity contribution in [1.82, 2.24) is 0 Å². The van der Waals surface area contributed by atoms with E-state index in [1.54, 1.807) is 6.07 Å². The molecule has 0 unspecified atom stereocenters. The van der Waals surface area contributed by atoms with E-state index in [9.17, 15) is 9.59 Å². The SMILES string of the molecule is CC(C)N(CCC#N)c1cc2c(cc1Cl)C(=O)C(=O)N2. The predicted molar refractivity (Wildman–Crippen MR) is 77.1 cm³/mol. The van der Waals surface area contributed by atoms with E-state index in [1.807, 2.05) is 18.7 Å². The minimum absolute atomic E-state index is 0.145. The minimum atomic E-state index is -0.638. The summed E-state index contributed by atoms with van der Waals surface area (Å²) < 4.78 is 0. The molecule has 0 bridgehead atoms. The first kappa shape index (κ1) is 14.4. The number of hydrogen-bond donors (Lipinski definition) is 1. The number of nitrogens with one attached hydrogen (secondary N) is 1. The van der Waals surface area contributed by atoms with Gasteiger partial charge in [0.1, 0.15) is 0 Å². The molecule has 0 aliphatic carbocycles. The zero-order valence-electron chi connectivity index (χ0n) is 11.2. The van der Waals surface area contributed by atoms with Crippen LogP contribution in [0, 0.1) is 11.3 Å². The highest BCUT2D eigenvalue weighted by Gasteiger charge is 2.30. The molecule has 0 spiro atoms. The maximum Gasteiger partial charge on any atom is 0.296 e. The summed E-state index contributed by atoms with van der Waals surface area (Å²) in [6.07, 6.45) is 0.372. The van der Waals surface area contributed by atoms with Crippen molar-refractivity contribution in [2.45, 2.75) is 26.3 Å². The van der Waals surface area contributed by atoms with E-state index in [-0.39, 0.29) is 6.04 Å².